The number of para-hydroxylation sites is 1. The first-order valence-electron chi connectivity index (χ1n) is 8.96. The summed E-state index contributed by atoms with van der Waals surface area (Å²) in [5.41, 5.74) is 3.46. The quantitative estimate of drug-likeness (QED) is 0.770. The number of benzene rings is 2. The first-order valence-corrected chi connectivity index (χ1v) is 8.96. The monoisotopic (exact) mass is 339 g/mol. The van der Waals surface area contributed by atoms with Gasteiger partial charge in [0.15, 0.2) is 6.61 Å². The summed E-state index contributed by atoms with van der Waals surface area (Å²) in [7, 11) is 0. The minimum absolute atomic E-state index is 0.0193. The van der Waals surface area contributed by atoms with Gasteiger partial charge in [-0.3, -0.25) is 4.79 Å². The summed E-state index contributed by atoms with van der Waals surface area (Å²) < 4.78 is 5.65. The lowest BCUT2D eigenvalue weighted by Gasteiger charge is -2.23. The van der Waals surface area contributed by atoms with Crippen LogP contribution >= 0.6 is 0 Å². The van der Waals surface area contributed by atoms with E-state index in [0.29, 0.717) is 11.8 Å². The molecule has 0 aliphatic heterocycles. The minimum atomic E-state index is -0.102. The van der Waals surface area contributed by atoms with E-state index in [0.717, 1.165) is 16.9 Å². The number of ether oxygens (including phenoxy) is 1. The molecule has 1 amide bonds. The Morgan fingerprint density at radius 3 is 2.12 bits per heavy atom. The summed E-state index contributed by atoms with van der Waals surface area (Å²) in [6.07, 6.45) is 0. The van der Waals surface area contributed by atoms with Crippen molar-refractivity contribution in [3.8, 4) is 5.75 Å². The van der Waals surface area contributed by atoms with Crippen molar-refractivity contribution in [2.45, 2.75) is 46.6 Å². The fraction of sp³-hybridized carbons (Fsp3) is 0.409. The van der Waals surface area contributed by atoms with Crippen LogP contribution in [0.15, 0.2) is 48.5 Å². The number of nitrogens with one attached hydrogen (secondary N) is 1. The normalized spacial score (nSPS) is 12.3. The van der Waals surface area contributed by atoms with E-state index in [1.807, 2.05) is 31.2 Å². The Bertz CT molecular complexity index is 689. The van der Waals surface area contributed by atoms with Gasteiger partial charge in [-0.2, -0.15) is 0 Å². The van der Waals surface area contributed by atoms with E-state index in [1.165, 1.54) is 5.56 Å². The van der Waals surface area contributed by atoms with Crippen molar-refractivity contribution in [2.24, 2.45) is 5.92 Å². The molecule has 0 spiro atoms. The molecule has 25 heavy (non-hydrogen) atoms. The van der Waals surface area contributed by atoms with Crippen LogP contribution in [0.2, 0.25) is 0 Å². The topological polar surface area (TPSA) is 38.3 Å². The second-order valence-corrected chi connectivity index (χ2v) is 7.16. The molecular weight excluding hydrogens is 310 g/mol. The second kappa shape index (κ2) is 8.70. The molecule has 2 aromatic rings. The average molecular weight is 339 g/mol. The fourth-order valence-electron chi connectivity index (χ4n) is 2.80. The molecule has 0 aromatic heterocycles. The largest absolute Gasteiger partial charge is 0.484 e. The highest BCUT2D eigenvalue weighted by molar-refractivity contribution is 5.78. The second-order valence-electron chi connectivity index (χ2n) is 7.16. The van der Waals surface area contributed by atoms with Crippen molar-refractivity contribution in [2.75, 3.05) is 6.61 Å². The van der Waals surface area contributed by atoms with Gasteiger partial charge in [-0.15, -0.1) is 0 Å². The number of carbonyl (C=O) groups is 1. The van der Waals surface area contributed by atoms with Gasteiger partial charge >= 0.3 is 0 Å². The Labute approximate surface area is 151 Å². The van der Waals surface area contributed by atoms with Crippen molar-refractivity contribution in [1.82, 2.24) is 5.32 Å². The summed E-state index contributed by atoms with van der Waals surface area (Å²) in [6.45, 7) is 10.6. The number of aryl methyl sites for hydroxylation is 1. The van der Waals surface area contributed by atoms with E-state index >= 15 is 0 Å². The highest BCUT2D eigenvalue weighted by Crippen LogP contribution is 2.24. The maximum absolute atomic E-state index is 12.4. The molecule has 2 rings (SSSR count). The summed E-state index contributed by atoms with van der Waals surface area (Å²) in [4.78, 5) is 12.4. The summed E-state index contributed by atoms with van der Waals surface area (Å²) in [5.74, 6) is 1.45. The number of rotatable bonds is 7. The van der Waals surface area contributed by atoms with Crippen molar-refractivity contribution < 1.29 is 9.53 Å². The van der Waals surface area contributed by atoms with Crippen LogP contribution in [0.25, 0.3) is 0 Å². The standard InChI is InChI=1S/C22H29NO2/c1-15(2)18-10-12-19(13-11-18)22(16(3)4)23-21(24)14-25-20-9-7-6-8-17(20)5/h6-13,15-16,22H,14H2,1-5H3,(H,23,24)/t22-/m1/s1. The van der Waals surface area contributed by atoms with Crippen LogP contribution in [-0.4, -0.2) is 12.5 Å². The molecule has 1 N–H and O–H groups in total. The van der Waals surface area contributed by atoms with Gasteiger partial charge in [0.2, 0.25) is 0 Å². The lowest BCUT2D eigenvalue weighted by molar-refractivity contribution is -0.124. The van der Waals surface area contributed by atoms with E-state index in [2.05, 4.69) is 57.3 Å². The lowest BCUT2D eigenvalue weighted by atomic mass is 9.93. The zero-order chi connectivity index (χ0) is 18.4. The predicted molar refractivity (Wildman–Crippen MR) is 103 cm³/mol. The highest BCUT2D eigenvalue weighted by atomic mass is 16.5. The molecule has 0 saturated heterocycles. The van der Waals surface area contributed by atoms with Crippen LogP contribution < -0.4 is 10.1 Å². The Morgan fingerprint density at radius 2 is 1.56 bits per heavy atom. The van der Waals surface area contributed by atoms with E-state index in [9.17, 15) is 4.79 Å². The van der Waals surface area contributed by atoms with Gasteiger partial charge in [-0.25, -0.2) is 0 Å². The Hall–Kier alpha value is -2.29. The third-order valence-corrected chi connectivity index (χ3v) is 4.40. The van der Waals surface area contributed by atoms with Gasteiger partial charge in [0.1, 0.15) is 5.75 Å². The number of amides is 1. The molecule has 0 bridgehead atoms. The molecule has 3 heteroatoms. The first-order chi connectivity index (χ1) is 11.9. The predicted octanol–water partition coefficient (Wildman–Crippen LogP) is 5.01. The van der Waals surface area contributed by atoms with Gasteiger partial charge in [-0.05, 0) is 41.5 Å². The zero-order valence-corrected chi connectivity index (χ0v) is 15.9. The SMILES string of the molecule is Cc1ccccc1OCC(=O)N[C@@H](c1ccc(C(C)C)cc1)C(C)C. The van der Waals surface area contributed by atoms with Crippen LogP contribution in [0, 0.1) is 12.8 Å². The van der Waals surface area contributed by atoms with E-state index < -0.39 is 0 Å². The molecule has 0 heterocycles. The molecule has 1 atom stereocenters. The Kier molecular flexibility index (Phi) is 6.63. The van der Waals surface area contributed by atoms with E-state index in [1.54, 1.807) is 0 Å². The highest BCUT2D eigenvalue weighted by Gasteiger charge is 2.19. The third-order valence-electron chi connectivity index (χ3n) is 4.40. The Balaban J connectivity index is 2.01. The maximum atomic E-state index is 12.4. The van der Waals surface area contributed by atoms with Gasteiger partial charge in [-0.1, -0.05) is 70.2 Å². The molecule has 0 saturated carbocycles. The summed E-state index contributed by atoms with van der Waals surface area (Å²) in [5, 5.41) is 3.11. The molecule has 0 aliphatic rings. The molecule has 0 aliphatic carbocycles. The van der Waals surface area contributed by atoms with Crippen molar-refractivity contribution in [3.63, 3.8) is 0 Å². The van der Waals surface area contributed by atoms with Crippen LogP contribution in [0.3, 0.4) is 0 Å². The molecule has 3 nitrogen and oxygen atoms in total. The van der Waals surface area contributed by atoms with Crippen LogP contribution in [0.1, 0.15) is 56.3 Å². The van der Waals surface area contributed by atoms with Crippen molar-refractivity contribution >= 4 is 5.91 Å². The van der Waals surface area contributed by atoms with Gasteiger partial charge in [0, 0.05) is 0 Å². The smallest absolute Gasteiger partial charge is 0.258 e. The van der Waals surface area contributed by atoms with Crippen molar-refractivity contribution in [1.29, 1.82) is 0 Å². The third kappa shape index (κ3) is 5.35. The Morgan fingerprint density at radius 1 is 0.960 bits per heavy atom. The molecule has 2 aromatic carbocycles. The molecule has 0 unspecified atom stereocenters. The van der Waals surface area contributed by atoms with Crippen LogP contribution in [0.5, 0.6) is 5.75 Å². The maximum Gasteiger partial charge on any atom is 0.258 e. The van der Waals surface area contributed by atoms with Gasteiger partial charge in [0.25, 0.3) is 5.91 Å². The lowest BCUT2D eigenvalue weighted by Crippen LogP contribution is -2.35. The number of carbonyl (C=O) groups excluding carboxylic acids is 1. The fourth-order valence-corrected chi connectivity index (χ4v) is 2.80. The summed E-state index contributed by atoms with van der Waals surface area (Å²) >= 11 is 0. The van der Waals surface area contributed by atoms with E-state index in [4.69, 9.17) is 4.74 Å². The average Bonchev–Trinajstić information content (AvgIpc) is 2.59. The van der Waals surface area contributed by atoms with E-state index in [-0.39, 0.29) is 18.6 Å². The molecule has 0 radical (unpaired) electrons. The molecule has 134 valence electrons. The molecule has 0 fully saturated rings. The van der Waals surface area contributed by atoms with Gasteiger partial charge in [0.05, 0.1) is 6.04 Å². The van der Waals surface area contributed by atoms with Crippen molar-refractivity contribution in [3.05, 3.63) is 65.2 Å². The summed E-state index contributed by atoms with van der Waals surface area (Å²) in [6, 6.07) is 16.2. The minimum Gasteiger partial charge on any atom is -0.484 e. The van der Waals surface area contributed by atoms with Crippen LogP contribution in [-0.2, 0) is 4.79 Å². The number of hydrogen-bond acceptors (Lipinski definition) is 2. The zero-order valence-electron chi connectivity index (χ0n) is 15.9. The molecular formula is C22H29NO2. The van der Waals surface area contributed by atoms with Gasteiger partial charge < -0.3 is 10.1 Å². The van der Waals surface area contributed by atoms with Crippen LogP contribution in [0.4, 0.5) is 0 Å². The first kappa shape index (κ1) is 19.0. The number of hydrogen-bond donors (Lipinski definition) is 1.